The van der Waals surface area contributed by atoms with E-state index in [1.54, 1.807) is 0 Å². The second-order valence-corrected chi connectivity index (χ2v) is 9.92. The van der Waals surface area contributed by atoms with Crippen LogP contribution in [-0.2, 0) is 5.54 Å². The molecule has 0 unspecified atom stereocenters. The van der Waals surface area contributed by atoms with Gasteiger partial charge in [-0.1, -0.05) is 62.4 Å². The lowest BCUT2D eigenvalue weighted by molar-refractivity contribution is 0.253. The van der Waals surface area contributed by atoms with Gasteiger partial charge >= 0.3 is 0 Å². The van der Waals surface area contributed by atoms with Crippen LogP contribution in [0.3, 0.4) is 0 Å². The van der Waals surface area contributed by atoms with Crippen LogP contribution >= 0.6 is 0 Å². The molecule has 0 radical (unpaired) electrons. The molecule has 3 heterocycles. The number of aromatic nitrogens is 3. The zero-order chi connectivity index (χ0) is 27.0. The Morgan fingerprint density at radius 2 is 1.59 bits per heavy atom. The van der Waals surface area contributed by atoms with E-state index in [2.05, 4.69) is 88.0 Å². The van der Waals surface area contributed by atoms with Crippen molar-refractivity contribution in [3.05, 3.63) is 96.7 Å². The maximum Gasteiger partial charge on any atom is 0.154 e. The number of anilines is 3. The molecule has 0 amide bonds. The predicted molar refractivity (Wildman–Crippen MR) is 162 cm³/mol. The molecule has 0 atom stereocenters. The zero-order valence-electron chi connectivity index (χ0n) is 22.7. The van der Waals surface area contributed by atoms with Gasteiger partial charge in [0, 0.05) is 41.2 Å². The molecule has 1 aliphatic carbocycles. The van der Waals surface area contributed by atoms with Crippen LogP contribution < -0.4 is 16.4 Å². The highest BCUT2D eigenvalue weighted by Gasteiger charge is 2.34. The number of nitrogens with one attached hydrogen (secondary N) is 2. The summed E-state index contributed by atoms with van der Waals surface area (Å²) >= 11 is 0. The molecule has 0 bridgehead atoms. The van der Waals surface area contributed by atoms with Crippen molar-refractivity contribution in [2.75, 3.05) is 17.7 Å². The summed E-state index contributed by atoms with van der Waals surface area (Å²) in [5.41, 5.74) is 15.8. The Kier molecular flexibility index (Phi) is 6.41. The molecule has 5 aromatic rings. The van der Waals surface area contributed by atoms with Crippen LogP contribution in [0.1, 0.15) is 38.7 Å². The van der Waals surface area contributed by atoms with Gasteiger partial charge in [0.1, 0.15) is 5.82 Å². The third kappa shape index (κ3) is 4.17. The first-order valence-electron chi connectivity index (χ1n) is 13.8. The summed E-state index contributed by atoms with van der Waals surface area (Å²) < 4.78 is 2.25. The van der Waals surface area contributed by atoms with Gasteiger partial charge in [0.25, 0.3) is 0 Å². The monoisotopic (exact) mass is 514 g/mol. The number of nitrogens with zero attached hydrogens (tertiary/aromatic N) is 3. The summed E-state index contributed by atoms with van der Waals surface area (Å²) in [7, 11) is 1.93. The van der Waals surface area contributed by atoms with E-state index < -0.39 is 0 Å². The van der Waals surface area contributed by atoms with Gasteiger partial charge < -0.3 is 16.4 Å². The van der Waals surface area contributed by atoms with Crippen LogP contribution in [-0.4, -0.2) is 21.6 Å². The van der Waals surface area contributed by atoms with E-state index in [0.29, 0.717) is 0 Å². The van der Waals surface area contributed by atoms with E-state index in [-0.39, 0.29) is 5.54 Å². The average molecular weight is 515 g/mol. The minimum absolute atomic E-state index is 0.196. The summed E-state index contributed by atoms with van der Waals surface area (Å²) in [5, 5.41) is 6.75. The molecule has 6 nitrogen and oxygen atoms in total. The van der Waals surface area contributed by atoms with Crippen LogP contribution in [0, 0.1) is 0 Å². The van der Waals surface area contributed by atoms with E-state index >= 15 is 0 Å². The number of rotatable bonds is 4. The Morgan fingerprint density at radius 1 is 0.872 bits per heavy atom. The average Bonchev–Trinajstić information content (AvgIpc) is 3.31. The third-order valence-electron chi connectivity index (χ3n) is 7.75. The van der Waals surface area contributed by atoms with Gasteiger partial charge in [-0.3, -0.25) is 4.57 Å². The minimum atomic E-state index is -0.196. The lowest BCUT2D eigenvalue weighted by Crippen LogP contribution is -2.43. The van der Waals surface area contributed by atoms with E-state index in [1.165, 1.54) is 12.0 Å². The second-order valence-electron chi connectivity index (χ2n) is 9.92. The Labute approximate surface area is 230 Å². The lowest BCUT2D eigenvalue weighted by Gasteiger charge is -2.38. The maximum atomic E-state index is 6.65. The number of para-hydroxylation sites is 1. The topological polar surface area (TPSA) is 80.8 Å². The normalized spacial score (nSPS) is 14.3. The van der Waals surface area contributed by atoms with Gasteiger partial charge in [-0.2, -0.15) is 0 Å². The number of pyridine rings is 1. The Hall–Kier alpha value is -4.42. The van der Waals surface area contributed by atoms with Gasteiger partial charge in [-0.05, 0) is 61.2 Å². The molecule has 2 aliphatic rings. The van der Waals surface area contributed by atoms with Crippen LogP contribution in [0.25, 0.3) is 39.6 Å². The second kappa shape index (κ2) is 10.0. The molecule has 0 spiro atoms. The fourth-order valence-corrected chi connectivity index (χ4v) is 5.49. The number of hydrogen-bond acceptors (Lipinski definition) is 5. The Balaban J connectivity index is 0.00000135. The lowest BCUT2D eigenvalue weighted by atomic mass is 9.72. The number of benzene rings is 3. The fraction of sp³-hybridized carbons (Fsp3) is 0.212. The van der Waals surface area contributed by atoms with Gasteiger partial charge in [0.05, 0.1) is 22.8 Å². The van der Waals surface area contributed by atoms with Crippen LogP contribution in [0.4, 0.5) is 17.2 Å². The predicted octanol–water partition coefficient (Wildman–Crippen LogP) is 7.73. The van der Waals surface area contributed by atoms with Crippen molar-refractivity contribution in [3.63, 3.8) is 0 Å². The van der Waals surface area contributed by atoms with Crippen molar-refractivity contribution < 1.29 is 0 Å². The van der Waals surface area contributed by atoms with Crippen molar-refractivity contribution in [1.29, 1.82) is 0 Å². The number of nitrogens with two attached hydrogens (primary N) is 1. The molecule has 6 heteroatoms. The van der Waals surface area contributed by atoms with Gasteiger partial charge in [0.2, 0.25) is 0 Å². The van der Waals surface area contributed by atoms with Crippen molar-refractivity contribution >= 4 is 17.2 Å². The highest BCUT2D eigenvalue weighted by molar-refractivity contribution is 5.91. The molecule has 0 saturated heterocycles. The zero-order valence-corrected chi connectivity index (χ0v) is 22.7. The van der Waals surface area contributed by atoms with Crippen LogP contribution in [0.5, 0.6) is 0 Å². The van der Waals surface area contributed by atoms with Crippen molar-refractivity contribution in [3.8, 4) is 39.6 Å². The highest BCUT2D eigenvalue weighted by Crippen LogP contribution is 2.45. The van der Waals surface area contributed by atoms with Crippen molar-refractivity contribution in [2.45, 2.75) is 38.6 Å². The van der Waals surface area contributed by atoms with E-state index in [1.807, 2.05) is 39.2 Å². The van der Waals surface area contributed by atoms with E-state index in [0.717, 1.165) is 69.6 Å². The Bertz CT molecular complexity index is 1610. The molecule has 7 rings (SSSR count). The largest absolute Gasteiger partial charge is 0.388 e. The van der Waals surface area contributed by atoms with Gasteiger partial charge in [-0.25, -0.2) is 9.97 Å². The van der Waals surface area contributed by atoms with Crippen LogP contribution in [0.15, 0.2) is 91.1 Å². The summed E-state index contributed by atoms with van der Waals surface area (Å²) in [6.07, 6.45) is 5.09. The third-order valence-corrected chi connectivity index (χ3v) is 7.75. The summed E-state index contributed by atoms with van der Waals surface area (Å²) in [6, 6.07) is 29.6. The number of hydrogen-bond donors (Lipinski definition) is 3. The van der Waals surface area contributed by atoms with Crippen LogP contribution in [0.2, 0.25) is 0 Å². The highest BCUT2D eigenvalue weighted by atomic mass is 15.2. The first-order valence-corrected chi connectivity index (χ1v) is 13.8. The molecular formula is C33H34N6. The number of imidazole rings is 1. The van der Waals surface area contributed by atoms with Crippen molar-refractivity contribution in [1.82, 2.24) is 14.5 Å². The molecular weight excluding hydrogens is 480 g/mol. The molecule has 4 N–H and O–H groups in total. The van der Waals surface area contributed by atoms with Gasteiger partial charge in [0.15, 0.2) is 5.82 Å². The van der Waals surface area contributed by atoms with E-state index in [4.69, 9.17) is 15.7 Å². The molecule has 1 aliphatic heterocycles. The quantitative estimate of drug-likeness (QED) is 0.224. The van der Waals surface area contributed by atoms with Crippen molar-refractivity contribution in [2.24, 2.45) is 5.73 Å². The molecule has 1 saturated carbocycles. The molecule has 3 aromatic carbocycles. The number of fused-ring (bicyclic) bond motifs is 5. The standard InChI is InChI=1S/C31H28N6.C2H6/c1-33-23-15-11-20(12-16-23)27-28(21-9-13-22(14-10-21)31(32)17-5-18-31)37-26-8-4-19-34-29(26)35-25-7-3-2-6-24(25)30(37)36-27;1-2/h2-4,6-16,19,33H,5,17-18,32H2,1H3,(H,34,35);1-2H3. The van der Waals surface area contributed by atoms with E-state index in [9.17, 15) is 0 Å². The van der Waals surface area contributed by atoms with Gasteiger partial charge in [-0.15, -0.1) is 0 Å². The summed E-state index contributed by atoms with van der Waals surface area (Å²) in [5.74, 6) is 1.69. The minimum Gasteiger partial charge on any atom is -0.388 e. The molecule has 2 aromatic heterocycles. The fourth-order valence-electron chi connectivity index (χ4n) is 5.49. The summed E-state index contributed by atoms with van der Waals surface area (Å²) in [4.78, 5) is 10.00. The maximum absolute atomic E-state index is 6.65. The molecule has 39 heavy (non-hydrogen) atoms. The SMILES string of the molecule is CC.CNc1ccc(-c2nc3n(c2-c2ccc(C4(N)CCC4)cc2)-c2cccnc2Nc2ccccc2-3)cc1. The summed E-state index contributed by atoms with van der Waals surface area (Å²) in [6.45, 7) is 4.00. The first kappa shape index (κ1) is 24.9. The Morgan fingerprint density at radius 3 is 2.28 bits per heavy atom. The molecule has 1 fully saturated rings. The molecule has 196 valence electrons. The smallest absolute Gasteiger partial charge is 0.154 e. The first-order chi connectivity index (χ1) is 19.1.